The number of benzene rings is 1. The van der Waals surface area contributed by atoms with Gasteiger partial charge in [-0.3, -0.25) is 28.9 Å². The molecular weight excluding hydrogens is 488 g/mol. The number of hydrogen-bond donors (Lipinski definition) is 3. The summed E-state index contributed by atoms with van der Waals surface area (Å²) in [6, 6.07) is 0.709. The number of oxazole rings is 1. The summed E-state index contributed by atoms with van der Waals surface area (Å²) in [5.41, 5.74) is 4.91. The number of carbonyl (C=O) groups excluding carboxylic acids is 5. The fourth-order valence-electron chi connectivity index (χ4n) is 6.46. The SMILES string of the molecule is CN(C)c1cc2[nH]c(=S)oc2c2c1C[C@H]1C[C@H]3[C@H](N(C)C)C(=O)C(C(N)=O)C(=O)[C@@]3(O)C(=O)C1C2=O. The van der Waals surface area contributed by atoms with E-state index >= 15 is 0 Å². The number of carbonyl (C=O) groups is 5. The number of hydrogen-bond acceptors (Lipinski definition) is 10. The molecule has 2 unspecified atom stereocenters. The Morgan fingerprint density at radius 2 is 1.86 bits per heavy atom. The number of nitrogens with one attached hydrogen (secondary N) is 1. The lowest BCUT2D eigenvalue weighted by atomic mass is 9.52. The highest BCUT2D eigenvalue weighted by Gasteiger charge is 2.69. The Hall–Kier alpha value is -3.22. The first-order chi connectivity index (χ1) is 16.8. The van der Waals surface area contributed by atoms with Gasteiger partial charge in [0.25, 0.3) is 4.84 Å². The summed E-state index contributed by atoms with van der Waals surface area (Å²) in [6.45, 7) is 0. The van der Waals surface area contributed by atoms with E-state index in [0.717, 1.165) is 5.69 Å². The molecule has 4 N–H and O–H groups in total. The zero-order chi connectivity index (χ0) is 26.4. The van der Waals surface area contributed by atoms with Gasteiger partial charge in [0, 0.05) is 25.7 Å². The fourth-order valence-corrected chi connectivity index (χ4v) is 6.66. The summed E-state index contributed by atoms with van der Waals surface area (Å²) >= 11 is 5.12. The van der Waals surface area contributed by atoms with Crippen molar-refractivity contribution in [2.24, 2.45) is 29.4 Å². The standard InChI is InChI=1S/C24H26N4O7S/c1-27(2)12-7-11-19(35-23(36)26-11)14-9(12)5-8-6-10-16(28(3)4)18(30)15(22(25)33)21(32)24(10,34)20(31)13(8)17(14)29/h7-8,10,13,15-16,34H,5-6H2,1-4H3,(H2,25,33)(H,26,36)/t8-,10-,13?,15?,16-,24-/m0/s1. The van der Waals surface area contributed by atoms with Gasteiger partial charge in [-0.2, -0.15) is 0 Å². The van der Waals surface area contributed by atoms with Crippen molar-refractivity contribution in [3.63, 3.8) is 0 Å². The van der Waals surface area contributed by atoms with E-state index in [4.69, 9.17) is 22.4 Å². The number of amides is 1. The van der Waals surface area contributed by atoms with Crippen LogP contribution in [0.15, 0.2) is 10.5 Å². The van der Waals surface area contributed by atoms with Crippen molar-refractivity contribution in [3.05, 3.63) is 22.0 Å². The largest absolute Gasteiger partial charge is 0.429 e. The van der Waals surface area contributed by atoms with Crippen molar-refractivity contribution in [1.82, 2.24) is 9.88 Å². The number of nitrogens with zero attached hydrogens (tertiary/aromatic N) is 2. The van der Waals surface area contributed by atoms with Crippen molar-refractivity contribution in [1.29, 1.82) is 0 Å². The molecule has 2 aromatic rings. The maximum absolute atomic E-state index is 13.9. The molecule has 12 heteroatoms. The molecular formula is C24H26N4O7S. The Kier molecular flexibility index (Phi) is 5.36. The van der Waals surface area contributed by atoms with Gasteiger partial charge in [0.05, 0.1) is 23.0 Å². The number of Topliss-reactive ketones (excluding diaryl/α,β-unsaturated/α-hetero) is 4. The van der Waals surface area contributed by atoms with Crippen LogP contribution < -0.4 is 10.6 Å². The Balaban J connectivity index is 1.72. The molecule has 36 heavy (non-hydrogen) atoms. The lowest BCUT2D eigenvalue weighted by molar-refractivity contribution is -0.181. The van der Waals surface area contributed by atoms with Gasteiger partial charge in [-0.1, -0.05) is 0 Å². The Morgan fingerprint density at radius 1 is 1.19 bits per heavy atom. The summed E-state index contributed by atoms with van der Waals surface area (Å²) in [5.74, 6) is -9.87. The first kappa shape index (κ1) is 24.5. The lowest BCUT2D eigenvalue weighted by Gasteiger charge is -2.52. The van der Waals surface area contributed by atoms with E-state index in [2.05, 4.69) is 4.98 Å². The third kappa shape index (κ3) is 3.04. The molecule has 190 valence electrons. The van der Waals surface area contributed by atoms with Gasteiger partial charge in [0.15, 0.2) is 40.2 Å². The second-order valence-corrected chi connectivity index (χ2v) is 10.7. The molecule has 1 aromatic heterocycles. The number of aromatic nitrogens is 1. The first-order valence-electron chi connectivity index (χ1n) is 11.5. The van der Waals surface area contributed by atoms with Gasteiger partial charge in [-0.05, 0) is 56.7 Å². The first-order valence-corrected chi connectivity index (χ1v) is 11.9. The van der Waals surface area contributed by atoms with Crippen LogP contribution in [0.4, 0.5) is 5.69 Å². The smallest absolute Gasteiger partial charge is 0.266 e. The fraction of sp³-hybridized carbons (Fsp3) is 0.500. The van der Waals surface area contributed by atoms with Crippen LogP contribution in [-0.2, 0) is 25.6 Å². The maximum atomic E-state index is 13.9. The average Bonchev–Trinajstić information content (AvgIpc) is 3.14. The number of nitrogens with two attached hydrogens (primary N) is 1. The normalized spacial score (nSPS) is 31.9. The van der Waals surface area contributed by atoms with Crippen LogP contribution in [0.25, 0.3) is 11.1 Å². The lowest BCUT2D eigenvalue weighted by Crippen LogP contribution is -2.74. The van der Waals surface area contributed by atoms with Crippen LogP contribution in [0.2, 0.25) is 0 Å². The van der Waals surface area contributed by atoms with Gasteiger partial charge in [-0.15, -0.1) is 0 Å². The number of primary amides is 1. The third-order valence-corrected chi connectivity index (χ3v) is 8.12. The summed E-state index contributed by atoms with van der Waals surface area (Å²) in [4.78, 5) is 72.7. The molecule has 2 fully saturated rings. The number of likely N-dealkylation sites (N-methyl/N-ethyl adjacent to an activating group) is 1. The molecule has 1 heterocycles. The van der Waals surface area contributed by atoms with Gasteiger partial charge < -0.3 is 25.1 Å². The maximum Gasteiger partial charge on any atom is 0.266 e. The van der Waals surface area contributed by atoms with Gasteiger partial charge >= 0.3 is 0 Å². The van der Waals surface area contributed by atoms with Gasteiger partial charge in [-0.25, -0.2) is 0 Å². The van der Waals surface area contributed by atoms with Crippen LogP contribution in [0.3, 0.4) is 0 Å². The predicted molar refractivity (Wildman–Crippen MR) is 129 cm³/mol. The van der Waals surface area contributed by atoms with Crippen LogP contribution >= 0.6 is 12.2 Å². The molecule has 0 bridgehead atoms. The van der Waals surface area contributed by atoms with E-state index in [9.17, 15) is 29.1 Å². The molecule has 2 saturated carbocycles. The zero-order valence-corrected chi connectivity index (χ0v) is 21.0. The number of aromatic amines is 1. The molecule has 0 aliphatic heterocycles. The molecule has 0 radical (unpaired) electrons. The van der Waals surface area contributed by atoms with E-state index in [0.29, 0.717) is 11.1 Å². The summed E-state index contributed by atoms with van der Waals surface area (Å²) in [7, 11) is 6.77. The Morgan fingerprint density at radius 3 is 2.44 bits per heavy atom. The quantitative estimate of drug-likeness (QED) is 0.376. The number of H-pyrrole nitrogens is 1. The predicted octanol–water partition coefficient (Wildman–Crippen LogP) is 0.0312. The highest BCUT2D eigenvalue weighted by atomic mass is 32.1. The molecule has 11 nitrogen and oxygen atoms in total. The number of aliphatic hydroxyl groups is 1. The van der Waals surface area contributed by atoms with E-state index < -0.39 is 64.4 Å². The van der Waals surface area contributed by atoms with Crippen molar-refractivity contribution in [2.45, 2.75) is 24.5 Å². The van der Waals surface area contributed by atoms with E-state index in [-0.39, 0.29) is 28.8 Å². The van der Waals surface area contributed by atoms with Crippen LogP contribution in [0.1, 0.15) is 22.3 Å². The second kappa shape index (κ2) is 7.89. The average molecular weight is 515 g/mol. The number of ketones is 4. The second-order valence-electron chi connectivity index (χ2n) is 10.3. The minimum Gasteiger partial charge on any atom is -0.429 e. The highest BCUT2D eigenvalue weighted by molar-refractivity contribution is 7.71. The van der Waals surface area contributed by atoms with Crippen molar-refractivity contribution >= 4 is 58.0 Å². The van der Waals surface area contributed by atoms with Crippen LogP contribution in [0, 0.1) is 28.5 Å². The van der Waals surface area contributed by atoms with Crippen LogP contribution in [0.5, 0.6) is 0 Å². The van der Waals surface area contributed by atoms with Crippen molar-refractivity contribution < 1.29 is 33.5 Å². The van der Waals surface area contributed by atoms with Gasteiger partial charge in [0.2, 0.25) is 5.91 Å². The molecule has 5 rings (SSSR count). The Bertz CT molecular complexity index is 1440. The molecule has 1 amide bonds. The zero-order valence-electron chi connectivity index (χ0n) is 20.2. The molecule has 0 spiro atoms. The third-order valence-electron chi connectivity index (χ3n) is 7.93. The summed E-state index contributed by atoms with van der Waals surface area (Å²) < 4.78 is 5.62. The van der Waals surface area contributed by atoms with Gasteiger partial charge in [0.1, 0.15) is 0 Å². The molecule has 3 aliphatic carbocycles. The van der Waals surface area contributed by atoms with E-state index in [1.54, 1.807) is 14.1 Å². The molecule has 3 aliphatic rings. The monoisotopic (exact) mass is 514 g/mol. The van der Waals surface area contributed by atoms with Crippen molar-refractivity contribution in [3.8, 4) is 0 Å². The highest BCUT2D eigenvalue weighted by Crippen LogP contribution is 2.51. The molecule has 0 saturated heterocycles. The van der Waals surface area contributed by atoms with Crippen molar-refractivity contribution in [2.75, 3.05) is 33.1 Å². The van der Waals surface area contributed by atoms with E-state index in [1.165, 1.54) is 4.90 Å². The van der Waals surface area contributed by atoms with E-state index in [1.807, 2.05) is 25.1 Å². The summed E-state index contributed by atoms with van der Waals surface area (Å²) in [5, 5.41) is 11.7. The Labute approximate surface area is 210 Å². The summed E-state index contributed by atoms with van der Waals surface area (Å²) in [6.07, 6.45) is 0.328. The molecule has 6 atom stereocenters. The number of fused-ring (bicyclic) bond motifs is 5. The minimum atomic E-state index is -2.70. The minimum absolute atomic E-state index is 0.0470. The topological polar surface area (TPSA) is 167 Å². The number of rotatable bonds is 3. The molecule has 1 aromatic carbocycles. The number of anilines is 1. The van der Waals surface area contributed by atoms with Crippen LogP contribution in [-0.4, -0.2) is 83.9 Å².